The minimum absolute atomic E-state index is 0.00936. The number of nitrogens with zero attached hydrogens (tertiary/aromatic N) is 4. The molecule has 0 saturated heterocycles. The molecular weight excluding hydrogens is 489 g/mol. The van der Waals surface area contributed by atoms with Gasteiger partial charge in [0, 0.05) is 29.7 Å². The SMILES string of the molecule is CN(CC=CC(=O)N1CCc2c(sc3ncnc(Nc4ccc(F)c(Cl)c4)c23)C1)Cc1ccco1. The highest BCUT2D eigenvalue weighted by atomic mass is 35.5. The molecule has 4 heterocycles. The third-order valence-corrected chi connectivity index (χ3v) is 7.23. The number of rotatable bonds is 7. The van der Waals surface area contributed by atoms with Crippen molar-refractivity contribution in [3.05, 3.63) is 82.1 Å². The topological polar surface area (TPSA) is 74.5 Å². The van der Waals surface area contributed by atoms with Crippen molar-refractivity contribution in [2.24, 2.45) is 0 Å². The fraction of sp³-hybridized carbons (Fsp3) is 0.240. The molecule has 0 aliphatic carbocycles. The van der Waals surface area contributed by atoms with Crippen LogP contribution in [0.4, 0.5) is 15.9 Å². The molecule has 1 aliphatic heterocycles. The second-order valence-electron chi connectivity index (χ2n) is 8.35. The summed E-state index contributed by atoms with van der Waals surface area (Å²) < 4.78 is 18.9. The van der Waals surface area contributed by atoms with Crippen LogP contribution < -0.4 is 5.32 Å². The molecular formula is C25H23ClFN5O2S. The zero-order chi connectivity index (χ0) is 24.4. The van der Waals surface area contributed by atoms with Crippen LogP contribution in [0.2, 0.25) is 5.02 Å². The number of amides is 1. The molecule has 0 saturated carbocycles. The van der Waals surface area contributed by atoms with E-state index in [0.717, 1.165) is 26.4 Å². The molecule has 3 aromatic heterocycles. The number of benzene rings is 1. The van der Waals surface area contributed by atoms with E-state index < -0.39 is 5.82 Å². The molecule has 4 aromatic rings. The summed E-state index contributed by atoms with van der Waals surface area (Å²) in [6, 6.07) is 8.26. The molecule has 5 rings (SSSR count). The van der Waals surface area contributed by atoms with Crippen molar-refractivity contribution >= 4 is 50.6 Å². The maximum Gasteiger partial charge on any atom is 0.246 e. The van der Waals surface area contributed by atoms with E-state index in [1.165, 1.54) is 18.5 Å². The Balaban J connectivity index is 1.27. The van der Waals surface area contributed by atoms with Crippen molar-refractivity contribution < 1.29 is 13.6 Å². The van der Waals surface area contributed by atoms with Crippen LogP contribution in [0, 0.1) is 5.82 Å². The largest absolute Gasteiger partial charge is 0.468 e. The molecule has 7 nitrogen and oxygen atoms in total. The summed E-state index contributed by atoms with van der Waals surface area (Å²) in [4.78, 5) is 27.5. The van der Waals surface area contributed by atoms with Crippen LogP contribution in [0.1, 0.15) is 16.2 Å². The zero-order valence-corrected chi connectivity index (χ0v) is 20.6. The summed E-state index contributed by atoms with van der Waals surface area (Å²) in [5.41, 5.74) is 1.79. The van der Waals surface area contributed by atoms with E-state index in [9.17, 15) is 9.18 Å². The highest BCUT2D eigenvalue weighted by Gasteiger charge is 2.25. The molecule has 0 atom stereocenters. The van der Waals surface area contributed by atoms with Crippen molar-refractivity contribution in [3.8, 4) is 0 Å². The van der Waals surface area contributed by atoms with Gasteiger partial charge in [0.1, 0.15) is 28.6 Å². The van der Waals surface area contributed by atoms with E-state index >= 15 is 0 Å². The van der Waals surface area contributed by atoms with E-state index in [2.05, 4.69) is 20.2 Å². The highest BCUT2D eigenvalue weighted by molar-refractivity contribution is 7.19. The van der Waals surface area contributed by atoms with Crippen molar-refractivity contribution in [3.63, 3.8) is 0 Å². The Kier molecular flexibility index (Phi) is 6.81. The molecule has 1 aromatic carbocycles. The summed E-state index contributed by atoms with van der Waals surface area (Å²) in [6.07, 6.45) is 7.39. The lowest BCUT2D eigenvalue weighted by atomic mass is 10.0. The van der Waals surface area contributed by atoms with Crippen LogP contribution in [-0.4, -0.2) is 45.8 Å². The van der Waals surface area contributed by atoms with Gasteiger partial charge >= 0.3 is 0 Å². The molecule has 1 aliphatic rings. The van der Waals surface area contributed by atoms with Gasteiger partial charge in [-0.3, -0.25) is 9.69 Å². The summed E-state index contributed by atoms with van der Waals surface area (Å²) in [7, 11) is 1.98. The Morgan fingerprint density at radius 2 is 2.26 bits per heavy atom. The number of aromatic nitrogens is 2. The van der Waals surface area contributed by atoms with Crippen molar-refractivity contribution in [2.75, 3.05) is 25.5 Å². The average molecular weight is 512 g/mol. The highest BCUT2D eigenvalue weighted by Crippen LogP contribution is 2.38. The molecule has 0 spiro atoms. The lowest BCUT2D eigenvalue weighted by Gasteiger charge is -2.26. The minimum atomic E-state index is -0.471. The quantitative estimate of drug-likeness (QED) is 0.335. The van der Waals surface area contributed by atoms with Crippen LogP contribution in [0.15, 0.2) is 59.5 Å². The summed E-state index contributed by atoms with van der Waals surface area (Å²) in [5.74, 6) is 1.06. The molecule has 180 valence electrons. The Hall–Kier alpha value is -3.27. The van der Waals surface area contributed by atoms with E-state index in [1.54, 1.807) is 29.7 Å². The number of carbonyl (C=O) groups excluding carboxylic acids is 1. The standard InChI is InChI=1S/C25H23ClFN5O2S/c1-31(13-17-4-3-11-34-17)9-2-5-22(33)32-10-8-18-21(14-32)35-25-23(18)24(28-15-29-25)30-16-6-7-20(27)19(26)12-16/h2-7,11-12,15H,8-10,13-14H2,1H3,(H,28,29,30). The van der Waals surface area contributed by atoms with Gasteiger partial charge in [0.2, 0.25) is 5.91 Å². The number of hydrogen-bond donors (Lipinski definition) is 1. The number of likely N-dealkylation sites (N-methyl/N-ethyl adjacent to an activating group) is 1. The second kappa shape index (κ2) is 10.2. The molecule has 1 N–H and O–H groups in total. The first-order valence-electron chi connectivity index (χ1n) is 11.1. The number of furan rings is 1. The van der Waals surface area contributed by atoms with Gasteiger partial charge in [-0.2, -0.15) is 0 Å². The van der Waals surface area contributed by atoms with E-state index in [1.807, 2.05) is 30.2 Å². The van der Waals surface area contributed by atoms with Crippen LogP contribution >= 0.6 is 22.9 Å². The number of anilines is 2. The Labute approximate surface area is 210 Å². The van der Waals surface area contributed by atoms with Crippen molar-refractivity contribution in [2.45, 2.75) is 19.5 Å². The maximum absolute atomic E-state index is 13.5. The van der Waals surface area contributed by atoms with Gasteiger partial charge in [-0.15, -0.1) is 11.3 Å². The predicted molar refractivity (Wildman–Crippen MR) is 135 cm³/mol. The molecule has 0 bridgehead atoms. The van der Waals surface area contributed by atoms with Gasteiger partial charge in [0.05, 0.1) is 29.8 Å². The first-order chi connectivity index (χ1) is 17.0. The smallest absolute Gasteiger partial charge is 0.246 e. The lowest BCUT2D eigenvalue weighted by molar-refractivity contribution is -0.126. The summed E-state index contributed by atoms with van der Waals surface area (Å²) in [6.45, 7) is 2.47. The molecule has 0 radical (unpaired) electrons. The van der Waals surface area contributed by atoms with Crippen LogP contribution in [-0.2, 0) is 24.3 Å². The molecule has 1 amide bonds. The van der Waals surface area contributed by atoms with Gasteiger partial charge in [0.15, 0.2) is 0 Å². The Morgan fingerprint density at radius 1 is 1.37 bits per heavy atom. The number of halogens is 2. The van der Waals surface area contributed by atoms with Gasteiger partial charge in [-0.1, -0.05) is 17.7 Å². The van der Waals surface area contributed by atoms with Gasteiger partial charge in [-0.05, 0) is 49.4 Å². The summed E-state index contributed by atoms with van der Waals surface area (Å²) in [5, 5.41) is 4.22. The lowest BCUT2D eigenvalue weighted by Crippen LogP contribution is -2.34. The predicted octanol–water partition coefficient (Wildman–Crippen LogP) is 5.39. The Bertz CT molecular complexity index is 1390. The fourth-order valence-corrected chi connectivity index (χ4v) is 5.48. The number of thiophene rings is 1. The Morgan fingerprint density at radius 3 is 3.06 bits per heavy atom. The third kappa shape index (κ3) is 5.22. The number of fused-ring (bicyclic) bond motifs is 3. The number of nitrogens with one attached hydrogen (secondary N) is 1. The average Bonchev–Trinajstić information content (AvgIpc) is 3.48. The third-order valence-electron chi connectivity index (χ3n) is 5.81. The normalized spacial score (nSPS) is 13.7. The summed E-state index contributed by atoms with van der Waals surface area (Å²) >= 11 is 7.50. The zero-order valence-electron chi connectivity index (χ0n) is 19.0. The van der Waals surface area contributed by atoms with E-state index in [-0.39, 0.29) is 10.9 Å². The maximum atomic E-state index is 13.5. The second-order valence-corrected chi connectivity index (χ2v) is 9.84. The number of carbonyl (C=O) groups is 1. The first-order valence-corrected chi connectivity index (χ1v) is 12.3. The monoisotopic (exact) mass is 511 g/mol. The van der Waals surface area contributed by atoms with Crippen molar-refractivity contribution in [1.29, 1.82) is 0 Å². The van der Waals surface area contributed by atoms with E-state index in [4.69, 9.17) is 16.0 Å². The van der Waals surface area contributed by atoms with Gasteiger partial charge in [-0.25, -0.2) is 14.4 Å². The van der Waals surface area contributed by atoms with Crippen LogP contribution in [0.25, 0.3) is 10.2 Å². The molecule has 0 fully saturated rings. The molecule has 0 unspecified atom stereocenters. The van der Waals surface area contributed by atoms with Gasteiger partial charge < -0.3 is 14.6 Å². The molecule has 35 heavy (non-hydrogen) atoms. The number of hydrogen-bond acceptors (Lipinski definition) is 7. The van der Waals surface area contributed by atoms with Crippen molar-refractivity contribution in [1.82, 2.24) is 19.8 Å². The minimum Gasteiger partial charge on any atom is -0.468 e. The van der Waals surface area contributed by atoms with Crippen LogP contribution in [0.3, 0.4) is 0 Å². The fourth-order valence-electron chi connectivity index (χ4n) is 4.09. The van der Waals surface area contributed by atoms with E-state index in [0.29, 0.717) is 44.1 Å². The molecule has 10 heteroatoms. The van der Waals surface area contributed by atoms with Crippen LogP contribution in [0.5, 0.6) is 0 Å². The van der Waals surface area contributed by atoms with Gasteiger partial charge in [0.25, 0.3) is 0 Å². The first kappa shape index (κ1) is 23.5.